The van der Waals surface area contributed by atoms with Gasteiger partial charge in [0.2, 0.25) is 0 Å². The third-order valence-electron chi connectivity index (χ3n) is 5.21. The number of carboxylic acids is 1. The van der Waals surface area contributed by atoms with Crippen LogP contribution in [0.15, 0.2) is 23.1 Å². The molecular weight excluding hydrogens is 342 g/mol. The minimum absolute atomic E-state index is 0.100. The van der Waals surface area contributed by atoms with Crippen LogP contribution >= 0.6 is 0 Å². The van der Waals surface area contributed by atoms with E-state index in [1.807, 2.05) is 20.8 Å². The highest BCUT2D eigenvalue weighted by Gasteiger charge is 2.48. The summed E-state index contributed by atoms with van der Waals surface area (Å²) in [4.78, 5) is 26.2. The maximum absolute atomic E-state index is 12.8. The maximum atomic E-state index is 12.8. The summed E-state index contributed by atoms with van der Waals surface area (Å²) in [5.74, 6) is -1.32. The SMILES string of the molecule is CCc1ccc(C(=O)N2CCC(C(=O)O)(C(C)C)C2)cc1S(C)(=O)=O. The molecule has 7 heteroatoms. The first kappa shape index (κ1) is 19.4. The fraction of sp³-hybridized carbons (Fsp3) is 0.556. The van der Waals surface area contributed by atoms with E-state index in [1.165, 1.54) is 11.0 Å². The van der Waals surface area contributed by atoms with Gasteiger partial charge >= 0.3 is 5.97 Å². The molecule has 1 aromatic rings. The van der Waals surface area contributed by atoms with Gasteiger partial charge in [-0.3, -0.25) is 9.59 Å². The Morgan fingerprint density at radius 3 is 2.40 bits per heavy atom. The van der Waals surface area contributed by atoms with E-state index in [2.05, 4.69) is 0 Å². The van der Waals surface area contributed by atoms with E-state index < -0.39 is 21.2 Å². The van der Waals surface area contributed by atoms with E-state index in [9.17, 15) is 23.1 Å². The topological polar surface area (TPSA) is 91.8 Å². The predicted octanol–water partition coefficient (Wildman–Crippen LogP) is 2.23. The van der Waals surface area contributed by atoms with Gasteiger partial charge in [-0.2, -0.15) is 0 Å². The van der Waals surface area contributed by atoms with Crippen molar-refractivity contribution in [1.29, 1.82) is 0 Å². The summed E-state index contributed by atoms with van der Waals surface area (Å²) >= 11 is 0. The van der Waals surface area contributed by atoms with Crippen molar-refractivity contribution in [1.82, 2.24) is 4.90 Å². The quantitative estimate of drug-likeness (QED) is 0.861. The Morgan fingerprint density at radius 2 is 1.96 bits per heavy atom. The first-order valence-electron chi connectivity index (χ1n) is 8.38. The highest BCUT2D eigenvalue weighted by atomic mass is 32.2. The van der Waals surface area contributed by atoms with Crippen molar-refractivity contribution in [3.8, 4) is 0 Å². The highest BCUT2D eigenvalue weighted by molar-refractivity contribution is 7.90. The number of carboxylic acid groups (broad SMARTS) is 1. The van der Waals surface area contributed by atoms with E-state index in [4.69, 9.17) is 0 Å². The van der Waals surface area contributed by atoms with Crippen molar-refractivity contribution in [3.05, 3.63) is 29.3 Å². The van der Waals surface area contributed by atoms with Crippen molar-refractivity contribution >= 4 is 21.7 Å². The summed E-state index contributed by atoms with van der Waals surface area (Å²) in [6, 6.07) is 4.69. The summed E-state index contributed by atoms with van der Waals surface area (Å²) in [5, 5.41) is 9.61. The van der Waals surface area contributed by atoms with Crippen LogP contribution in [0.25, 0.3) is 0 Å². The zero-order valence-electron chi connectivity index (χ0n) is 15.1. The molecular formula is C18H25NO5S. The molecule has 0 aliphatic carbocycles. The van der Waals surface area contributed by atoms with Crippen LogP contribution in [0.1, 0.15) is 43.1 Å². The minimum Gasteiger partial charge on any atom is -0.481 e. The van der Waals surface area contributed by atoms with Crippen LogP contribution in [0, 0.1) is 11.3 Å². The average Bonchev–Trinajstić information content (AvgIpc) is 2.99. The molecule has 1 aliphatic heterocycles. The summed E-state index contributed by atoms with van der Waals surface area (Å²) in [6.45, 7) is 6.05. The molecule has 1 aliphatic rings. The zero-order valence-corrected chi connectivity index (χ0v) is 15.9. The Kier molecular flexibility index (Phi) is 5.27. The fourth-order valence-corrected chi connectivity index (χ4v) is 4.44. The average molecular weight is 367 g/mol. The number of rotatable bonds is 5. The van der Waals surface area contributed by atoms with Gasteiger partial charge in [0, 0.05) is 24.9 Å². The van der Waals surface area contributed by atoms with Crippen LogP contribution in [0.4, 0.5) is 0 Å². The second-order valence-corrected chi connectivity index (χ2v) is 9.03. The summed E-state index contributed by atoms with van der Waals surface area (Å²) in [5.41, 5.74) is 0.00342. The van der Waals surface area contributed by atoms with Crippen LogP contribution in [0.5, 0.6) is 0 Å². The summed E-state index contributed by atoms with van der Waals surface area (Å²) in [6.07, 6.45) is 2.08. The van der Waals surface area contributed by atoms with Gasteiger partial charge in [-0.25, -0.2) is 8.42 Å². The van der Waals surface area contributed by atoms with Crippen molar-refractivity contribution in [2.75, 3.05) is 19.3 Å². The lowest BCUT2D eigenvalue weighted by atomic mass is 9.76. The smallest absolute Gasteiger partial charge is 0.311 e. The molecule has 0 bridgehead atoms. The highest BCUT2D eigenvalue weighted by Crippen LogP contribution is 2.38. The Bertz CT molecular complexity index is 800. The van der Waals surface area contributed by atoms with E-state index in [-0.39, 0.29) is 28.8 Å². The lowest BCUT2D eigenvalue weighted by Crippen LogP contribution is -2.40. The van der Waals surface area contributed by atoms with E-state index in [0.29, 0.717) is 24.9 Å². The molecule has 2 rings (SSSR count). The standard InChI is InChI=1S/C18H25NO5S/c1-5-13-6-7-14(10-15(13)25(4,23)24)16(20)19-9-8-18(11-19,12(2)3)17(21)22/h6-7,10,12H,5,8-9,11H2,1-4H3,(H,21,22). The lowest BCUT2D eigenvalue weighted by molar-refractivity contribution is -0.150. The zero-order chi connectivity index (χ0) is 19.0. The monoisotopic (exact) mass is 367 g/mol. The third kappa shape index (κ3) is 3.56. The minimum atomic E-state index is -3.44. The number of hydrogen-bond donors (Lipinski definition) is 1. The van der Waals surface area contributed by atoms with Crippen LogP contribution < -0.4 is 0 Å². The van der Waals surface area contributed by atoms with Crippen molar-refractivity contribution < 1.29 is 23.1 Å². The number of carbonyl (C=O) groups excluding carboxylic acids is 1. The second kappa shape index (κ2) is 6.78. The Morgan fingerprint density at radius 1 is 1.32 bits per heavy atom. The molecule has 0 radical (unpaired) electrons. The van der Waals surface area contributed by atoms with Gasteiger partial charge in [0.05, 0.1) is 10.3 Å². The number of carbonyl (C=O) groups is 2. The van der Waals surface area contributed by atoms with Crippen molar-refractivity contribution in [2.45, 2.75) is 38.5 Å². The molecule has 1 saturated heterocycles. The molecule has 1 unspecified atom stereocenters. The molecule has 6 nitrogen and oxygen atoms in total. The van der Waals surface area contributed by atoms with Crippen molar-refractivity contribution in [2.24, 2.45) is 11.3 Å². The number of hydrogen-bond acceptors (Lipinski definition) is 4. The Balaban J connectivity index is 2.35. The van der Waals surface area contributed by atoms with Gasteiger partial charge in [0.1, 0.15) is 0 Å². The van der Waals surface area contributed by atoms with Gasteiger partial charge in [-0.1, -0.05) is 26.8 Å². The Labute approximate surface area is 148 Å². The molecule has 1 aromatic carbocycles. The van der Waals surface area contributed by atoms with Gasteiger partial charge in [0.15, 0.2) is 9.84 Å². The number of aryl methyl sites for hydroxylation is 1. The van der Waals surface area contributed by atoms with Crippen LogP contribution in [0.2, 0.25) is 0 Å². The van der Waals surface area contributed by atoms with Crippen LogP contribution in [-0.4, -0.2) is 49.6 Å². The molecule has 25 heavy (non-hydrogen) atoms. The van der Waals surface area contributed by atoms with Gasteiger partial charge < -0.3 is 10.0 Å². The normalized spacial score (nSPS) is 20.9. The number of likely N-dealkylation sites (tertiary alicyclic amines) is 1. The molecule has 138 valence electrons. The number of aliphatic carboxylic acids is 1. The molecule has 1 amide bonds. The van der Waals surface area contributed by atoms with E-state index in [1.54, 1.807) is 12.1 Å². The maximum Gasteiger partial charge on any atom is 0.311 e. The van der Waals surface area contributed by atoms with Gasteiger partial charge in [0.25, 0.3) is 5.91 Å². The molecule has 0 spiro atoms. The van der Waals surface area contributed by atoms with Gasteiger partial charge in [-0.05, 0) is 36.5 Å². The van der Waals surface area contributed by atoms with Crippen LogP contribution in [0.3, 0.4) is 0 Å². The first-order valence-corrected chi connectivity index (χ1v) is 10.3. The molecule has 0 aromatic heterocycles. The molecule has 1 fully saturated rings. The van der Waals surface area contributed by atoms with Crippen LogP contribution in [-0.2, 0) is 21.1 Å². The number of nitrogens with zero attached hydrogens (tertiary/aromatic N) is 1. The molecule has 1 N–H and O–H groups in total. The number of sulfone groups is 1. The fourth-order valence-electron chi connectivity index (χ4n) is 3.41. The number of amides is 1. The lowest BCUT2D eigenvalue weighted by Gasteiger charge is -2.28. The molecule has 1 atom stereocenters. The van der Waals surface area contributed by atoms with E-state index >= 15 is 0 Å². The first-order chi connectivity index (χ1) is 11.5. The van der Waals surface area contributed by atoms with Crippen molar-refractivity contribution in [3.63, 3.8) is 0 Å². The summed E-state index contributed by atoms with van der Waals surface area (Å²) in [7, 11) is -3.44. The number of benzene rings is 1. The molecule has 0 saturated carbocycles. The van der Waals surface area contributed by atoms with E-state index in [0.717, 1.165) is 6.26 Å². The Hall–Kier alpha value is -1.89. The summed E-state index contributed by atoms with van der Waals surface area (Å²) < 4.78 is 24.0. The van der Waals surface area contributed by atoms with Gasteiger partial charge in [-0.15, -0.1) is 0 Å². The third-order valence-corrected chi connectivity index (χ3v) is 6.39. The predicted molar refractivity (Wildman–Crippen MR) is 94.4 cm³/mol. The largest absolute Gasteiger partial charge is 0.481 e. The second-order valence-electron chi connectivity index (χ2n) is 7.04. The molecule has 1 heterocycles.